The van der Waals surface area contributed by atoms with Crippen molar-refractivity contribution in [3.05, 3.63) is 20.3 Å². The van der Waals surface area contributed by atoms with Crippen molar-refractivity contribution < 1.29 is 0 Å². The number of hydrogen-bond donors (Lipinski definition) is 1. The maximum absolute atomic E-state index is 3.59. The fraction of sp³-hybridized carbons (Fsp3) is 0.733. The Bertz CT molecular complexity index is 314. The van der Waals surface area contributed by atoms with Crippen molar-refractivity contribution >= 4 is 27.3 Å². The zero-order chi connectivity index (χ0) is 13.4. The first-order valence-corrected chi connectivity index (χ1v) is 8.66. The van der Waals surface area contributed by atoms with Gasteiger partial charge in [-0.2, -0.15) is 0 Å². The first-order valence-electron chi connectivity index (χ1n) is 7.05. The van der Waals surface area contributed by atoms with E-state index in [1.807, 2.05) is 11.3 Å². The molecular weight excluding hydrogens is 306 g/mol. The van der Waals surface area contributed by atoms with Crippen LogP contribution in [0.5, 0.6) is 0 Å². The first-order chi connectivity index (χ1) is 8.59. The van der Waals surface area contributed by atoms with Crippen molar-refractivity contribution in [2.75, 3.05) is 13.1 Å². The molecule has 0 fully saturated rings. The molecule has 0 aliphatic rings. The highest BCUT2D eigenvalue weighted by atomic mass is 79.9. The van der Waals surface area contributed by atoms with Crippen LogP contribution in [0.15, 0.2) is 9.85 Å². The Morgan fingerprint density at radius 2 is 1.94 bits per heavy atom. The summed E-state index contributed by atoms with van der Waals surface area (Å²) in [6.07, 6.45) is 6.61. The molecule has 0 saturated carbocycles. The van der Waals surface area contributed by atoms with E-state index in [2.05, 4.69) is 48.1 Å². The summed E-state index contributed by atoms with van der Waals surface area (Å²) >= 11 is 5.48. The van der Waals surface area contributed by atoms with Crippen molar-refractivity contribution in [3.63, 3.8) is 0 Å². The summed E-state index contributed by atoms with van der Waals surface area (Å²) in [6.45, 7) is 9.02. The molecule has 3 heteroatoms. The summed E-state index contributed by atoms with van der Waals surface area (Å²) < 4.78 is 1.30. The maximum atomic E-state index is 3.59. The molecule has 0 spiro atoms. The summed E-state index contributed by atoms with van der Waals surface area (Å²) in [5.41, 5.74) is 1.38. The molecule has 0 saturated heterocycles. The molecule has 18 heavy (non-hydrogen) atoms. The molecule has 1 heterocycles. The molecule has 0 unspecified atom stereocenters. The second kappa shape index (κ2) is 9.11. The summed E-state index contributed by atoms with van der Waals surface area (Å²) in [4.78, 5) is 1.53. The van der Waals surface area contributed by atoms with Gasteiger partial charge < -0.3 is 5.32 Å². The van der Waals surface area contributed by atoms with Gasteiger partial charge in [0.05, 0.1) is 3.79 Å². The predicted octanol–water partition coefficient (Wildman–Crippen LogP) is 5.17. The van der Waals surface area contributed by atoms with Crippen LogP contribution < -0.4 is 5.32 Å². The first kappa shape index (κ1) is 16.2. The van der Waals surface area contributed by atoms with E-state index >= 15 is 0 Å². The lowest BCUT2D eigenvalue weighted by molar-refractivity contribution is 0.526. The van der Waals surface area contributed by atoms with Crippen LogP contribution in [0, 0.1) is 12.8 Å². The molecule has 1 rings (SSSR count). The molecule has 0 aliphatic carbocycles. The minimum Gasteiger partial charge on any atom is -0.316 e. The largest absolute Gasteiger partial charge is 0.316 e. The standard InChI is InChI=1S/C15H26BrNS/c1-12(2)11-17-9-7-5-4-6-8-14-10-13(3)15(16)18-14/h10,12,17H,4-9,11H2,1-3H3. The molecule has 0 aliphatic heterocycles. The molecule has 0 amide bonds. The van der Waals surface area contributed by atoms with Crippen LogP contribution in [-0.2, 0) is 6.42 Å². The van der Waals surface area contributed by atoms with Crippen LogP contribution >= 0.6 is 27.3 Å². The fourth-order valence-corrected chi connectivity index (χ4v) is 3.61. The Hall–Kier alpha value is 0.140. The second-order valence-electron chi connectivity index (χ2n) is 5.43. The van der Waals surface area contributed by atoms with Crippen molar-refractivity contribution in [1.29, 1.82) is 0 Å². The summed E-state index contributed by atoms with van der Waals surface area (Å²) in [7, 11) is 0. The Kier molecular flexibility index (Phi) is 8.20. The molecule has 1 aromatic heterocycles. The summed E-state index contributed by atoms with van der Waals surface area (Å²) in [5, 5.41) is 3.50. The second-order valence-corrected chi connectivity index (χ2v) is 7.89. The number of rotatable bonds is 9. The minimum atomic E-state index is 0.769. The number of hydrogen-bond acceptors (Lipinski definition) is 2. The van der Waals surface area contributed by atoms with Crippen molar-refractivity contribution in [2.45, 2.75) is 52.9 Å². The molecule has 0 atom stereocenters. The van der Waals surface area contributed by atoms with Crippen molar-refractivity contribution in [3.8, 4) is 0 Å². The van der Waals surface area contributed by atoms with E-state index in [1.165, 1.54) is 52.9 Å². The number of nitrogens with one attached hydrogen (secondary N) is 1. The smallest absolute Gasteiger partial charge is 0.0730 e. The van der Waals surface area contributed by atoms with E-state index in [4.69, 9.17) is 0 Å². The van der Waals surface area contributed by atoms with Crippen LogP contribution in [0.1, 0.15) is 50.0 Å². The lowest BCUT2D eigenvalue weighted by Gasteiger charge is -2.06. The van der Waals surface area contributed by atoms with Gasteiger partial charge in [-0.1, -0.05) is 26.7 Å². The third-order valence-corrected chi connectivity index (χ3v) is 5.18. The van der Waals surface area contributed by atoms with Crippen LogP contribution in [0.25, 0.3) is 0 Å². The number of thiophene rings is 1. The third-order valence-electron chi connectivity index (χ3n) is 2.99. The highest BCUT2D eigenvalue weighted by Gasteiger charge is 2.02. The Morgan fingerprint density at radius 1 is 1.22 bits per heavy atom. The van der Waals surface area contributed by atoms with Crippen LogP contribution in [-0.4, -0.2) is 13.1 Å². The zero-order valence-corrected chi connectivity index (χ0v) is 14.3. The molecule has 1 aromatic rings. The molecule has 1 nitrogen and oxygen atoms in total. The van der Waals surface area contributed by atoms with Gasteiger partial charge in [-0.05, 0) is 72.8 Å². The van der Waals surface area contributed by atoms with Gasteiger partial charge >= 0.3 is 0 Å². The molecular formula is C15H26BrNS. The monoisotopic (exact) mass is 331 g/mol. The number of unbranched alkanes of at least 4 members (excludes halogenated alkanes) is 3. The quantitative estimate of drug-likeness (QED) is 0.615. The summed E-state index contributed by atoms with van der Waals surface area (Å²) in [5.74, 6) is 0.769. The lowest BCUT2D eigenvalue weighted by atomic mass is 10.1. The molecule has 0 aromatic carbocycles. The molecule has 0 radical (unpaired) electrons. The Balaban J connectivity index is 1.96. The molecule has 104 valence electrons. The predicted molar refractivity (Wildman–Crippen MR) is 86.6 cm³/mol. The van der Waals surface area contributed by atoms with Crippen LogP contribution in [0.3, 0.4) is 0 Å². The van der Waals surface area contributed by atoms with Gasteiger partial charge in [-0.15, -0.1) is 11.3 Å². The van der Waals surface area contributed by atoms with E-state index in [-0.39, 0.29) is 0 Å². The van der Waals surface area contributed by atoms with Crippen LogP contribution in [0.4, 0.5) is 0 Å². The topological polar surface area (TPSA) is 12.0 Å². The summed E-state index contributed by atoms with van der Waals surface area (Å²) in [6, 6.07) is 2.32. The fourth-order valence-electron chi connectivity index (χ4n) is 1.94. The number of aryl methyl sites for hydroxylation is 2. The third kappa shape index (κ3) is 6.91. The van der Waals surface area contributed by atoms with Gasteiger partial charge in [0.1, 0.15) is 0 Å². The lowest BCUT2D eigenvalue weighted by Crippen LogP contribution is -2.20. The zero-order valence-electron chi connectivity index (χ0n) is 11.9. The highest BCUT2D eigenvalue weighted by molar-refractivity contribution is 9.11. The van der Waals surface area contributed by atoms with E-state index in [0.29, 0.717) is 0 Å². The van der Waals surface area contributed by atoms with E-state index in [1.54, 1.807) is 0 Å². The maximum Gasteiger partial charge on any atom is 0.0730 e. The van der Waals surface area contributed by atoms with Gasteiger partial charge in [0.2, 0.25) is 0 Å². The normalized spacial score (nSPS) is 11.4. The SMILES string of the molecule is Cc1cc(CCCCCCNCC(C)C)sc1Br. The van der Waals surface area contributed by atoms with Gasteiger partial charge in [-0.25, -0.2) is 0 Å². The number of halogens is 1. The van der Waals surface area contributed by atoms with Gasteiger partial charge in [-0.3, -0.25) is 0 Å². The van der Waals surface area contributed by atoms with E-state index in [0.717, 1.165) is 12.5 Å². The van der Waals surface area contributed by atoms with Crippen molar-refractivity contribution in [1.82, 2.24) is 5.32 Å². The molecule has 1 N–H and O–H groups in total. The Labute approximate surface area is 125 Å². The van der Waals surface area contributed by atoms with Crippen molar-refractivity contribution in [2.24, 2.45) is 5.92 Å². The Morgan fingerprint density at radius 3 is 2.56 bits per heavy atom. The average Bonchev–Trinajstić information content (AvgIpc) is 2.62. The molecule has 0 bridgehead atoms. The van der Waals surface area contributed by atoms with Gasteiger partial charge in [0, 0.05) is 4.88 Å². The highest BCUT2D eigenvalue weighted by Crippen LogP contribution is 2.28. The van der Waals surface area contributed by atoms with Crippen LogP contribution in [0.2, 0.25) is 0 Å². The van der Waals surface area contributed by atoms with Gasteiger partial charge in [0.15, 0.2) is 0 Å². The van der Waals surface area contributed by atoms with E-state index in [9.17, 15) is 0 Å². The minimum absolute atomic E-state index is 0.769. The van der Waals surface area contributed by atoms with E-state index < -0.39 is 0 Å². The average molecular weight is 332 g/mol. The van der Waals surface area contributed by atoms with Gasteiger partial charge in [0.25, 0.3) is 0 Å².